The van der Waals surface area contributed by atoms with E-state index in [-0.39, 0.29) is 28.2 Å². The first-order valence-electron chi connectivity index (χ1n) is 6.17. The highest BCUT2D eigenvalue weighted by molar-refractivity contribution is 6.33. The number of nitriles is 1. The number of rotatable bonds is 3. The van der Waals surface area contributed by atoms with Crippen LogP contribution in [0, 0.1) is 27.4 Å². The van der Waals surface area contributed by atoms with Crippen LogP contribution in [0.25, 0.3) is 0 Å². The summed E-state index contributed by atoms with van der Waals surface area (Å²) in [6, 6.07) is 5.65. The second-order valence-electron chi connectivity index (χ2n) is 4.67. The minimum atomic E-state index is -0.583. The van der Waals surface area contributed by atoms with Crippen molar-refractivity contribution < 1.29 is 9.72 Å². The van der Waals surface area contributed by atoms with Gasteiger partial charge in [-0.1, -0.05) is 11.6 Å². The Morgan fingerprint density at radius 1 is 1.50 bits per heavy atom. The van der Waals surface area contributed by atoms with Gasteiger partial charge in [0, 0.05) is 18.2 Å². The highest BCUT2D eigenvalue weighted by Crippen LogP contribution is 2.27. The minimum Gasteiger partial charge on any atom is -0.348 e. The molecule has 2 rings (SSSR count). The molecule has 1 N–H and O–H groups in total. The topological polar surface area (TPSA) is 96.0 Å². The molecular weight excluding hydrogens is 282 g/mol. The fourth-order valence-corrected chi connectivity index (χ4v) is 2.54. The van der Waals surface area contributed by atoms with E-state index in [1.165, 1.54) is 12.1 Å². The average Bonchev–Trinajstić information content (AvgIpc) is 2.86. The van der Waals surface area contributed by atoms with Crippen molar-refractivity contribution in [3.8, 4) is 6.07 Å². The molecule has 20 heavy (non-hydrogen) atoms. The molecule has 0 radical (unpaired) electrons. The number of carbonyl (C=O) groups is 1. The summed E-state index contributed by atoms with van der Waals surface area (Å²) < 4.78 is 0. The van der Waals surface area contributed by atoms with Crippen molar-refractivity contribution in [1.82, 2.24) is 5.32 Å². The quantitative estimate of drug-likeness (QED) is 0.684. The van der Waals surface area contributed by atoms with Crippen molar-refractivity contribution >= 4 is 23.2 Å². The number of hydrogen-bond donors (Lipinski definition) is 1. The van der Waals surface area contributed by atoms with E-state index in [4.69, 9.17) is 16.9 Å². The van der Waals surface area contributed by atoms with Crippen molar-refractivity contribution in [3.63, 3.8) is 0 Å². The van der Waals surface area contributed by atoms with Crippen LogP contribution >= 0.6 is 11.6 Å². The van der Waals surface area contributed by atoms with Gasteiger partial charge in [0.15, 0.2) is 0 Å². The van der Waals surface area contributed by atoms with E-state index in [0.717, 1.165) is 25.3 Å². The molecule has 6 nitrogen and oxygen atoms in total. The maximum absolute atomic E-state index is 12.1. The minimum absolute atomic E-state index is 0.0597. The summed E-state index contributed by atoms with van der Waals surface area (Å²) in [4.78, 5) is 22.3. The van der Waals surface area contributed by atoms with Crippen molar-refractivity contribution in [1.29, 1.82) is 5.26 Å². The van der Waals surface area contributed by atoms with Crippen LogP contribution in [-0.2, 0) is 0 Å². The fraction of sp³-hybridized carbons (Fsp3) is 0.385. The molecule has 1 aliphatic carbocycles. The normalized spacial score (nSPS) is 21.2. The van der Waals surface area contributed by atoms with Gasteiger partial charge in [-0.2, -0.15) is 5.26 Å². The smallest absolute Gasteiger partial charge is 0.270 e. The van der Waals surface area contributed by atoms with Crippen molar-refractivity contribution in [2.24, 2.45) is 5.92 Å². The first-order chi connectivity index (χ1) is 9.52. The molecule has 1 saturated carbocycles. The number of halogens is 1. The van der Waals surface area contributed by atoms with E-state index < -0.39 is 10.8 Å². The lowest BCUT2D eigenvalue weighted by Gasteiger charge is -2.15. The molecule has 2 unspecified atom stereocenters. The summed E-state index contributed by atoms with van der Waals surface area (Å²) in [7, 11) is 0. The number of nitro groups is 1. The Morgan fingerprint density at radius 3 is 2.90 bits per heavy atom. The lowest BCUT2D eigenvalue weighted by Crippen LogP contribution is -2.37. The van der Waals surface area contributed by atoms with Crippen LogP contribution in [-0.4, -0.2) is 16.9 Å². The molecule has 2 atom stereocenters. The Morgan fingerprint density at radius 2 is 2.25 bits per heavy atom. The summed E-state index contributed by atoms with van der Waals surface area (Å²) in [5.41, 5.74) is -0.132. The number of nitrogens with one attached hydrogen (secondary N) is 1. The number of non-ortho nitro benzene ring substituents is 1. The van der Waals surface area contributed by atoms with Gasteiger partial charge in [-0.3, -0.25) is 14.9 Å². The molecule has 1 aromatic carbocycles. The van der Waals surface area contributed by atoms with Gasteiger partial charge in [-0.05, 0) is 25.3 Å². The van der Waals surface area contributed by atoms with Crippen LogP contribution in [0.1, 0.15) is 29.6 Å². The van der Waals surface area contributed by atoms with Crippen LogP contribution in [0.5, 0.6) is 0 Å². The largest absolute Gasteiger partial charge is 0.348 e. The molecule has 0 bridgehead atoms. The first-order valence-corrected chi connectivity index (χ1v) is 6.55. The number of nitro benzene ring substituents is 1. The molecular formula is C13H12ClN3O3. The molecule has 104 valence electrons. The van der Waals surface area contributed by atoms with Gasteiger partial charge in [0.2, 0.25) is 0 Å². The third-order valence-corrected chi connectivity index (χ3v) is 3.73. The predicted octanol–water partition coefficient (Wildman–Crippen LogP) is 2.67. The molecule has 0 heterocycles. The highest BCUT2D eigenvalue weighted by atomic mass is 35.5. The molecule has 0 aliphatic heterocycles. The molecule has 1 aliphatic rings. The third-order valence-electron chi connectivity index (χ3n) is 3.40. The SMILES string of the molecule is N#CC1CCCC1NC(=O)c1cc([N+](=O)[O-])ccc1Cl. The van der Waals surface area contributed by atoms with E-state index in [9.17, 15) is 14.9 Å². The van der Waals surface area contributed by atoms with Crippen LogP contribution in [0.2, 0.25) is 5.02 Å². The molecule has 0 spiro atoms. The number of benzene rings is 1. The van der Waals surface area contributed by atoms with Gasteiger partial charge in [0.05, 0.1) is 27.5 Å². The summed E-state index contributed by atoms with van der Waals surface area (Å²) in [6.45, 7) is 0. The Kier molecular flexibility index (Phi) is 4.20. The van der Waals surface area contributed by atoms with Crippen molar-refractivity contribution in [3.05, 3.63) is 38.9 Å². The van der Waals surface area contributed by atoms with Gasteiger partial charge in [-0.25, -0.2) is 0 Å². The summed E-state index contributed by atoms with van der Waals surface area (Å²) in [5, 5.41) is 22.6. The van der Waals surface area contributed by atoms with Crippen molar-refractivity contribution in [2.45, 2.75) is 25.3 Å². The Hall–Kier alpha value is -2.13. The maximum Gasteiger partial charge on any atom is 0.270 e. The average molecular weight is 294 g/mol. The van der Waals surface area contributed by atoms with Crippen LogP contribution in [0.15, 0.2) is 18.2 Å². The predicted molar refractivity (Wildman–Crippen MR) is 72.3 cm³/mol. The summed E-state index contributed by atoms with van der Waals surface area (Å²) in [5.74, 6) is -0.692. The molecule has 1 fully saturated rings. The van der Waals surface area contributed by atoms with Gasteiger partial charge in [0.1, 0.15) is 0 Å². The lowest BCUT2D eigenvalue weighted by molar-refractivity contribution is -0.384. The Balaban J connectivity index is 2.19. The zero-order valence-corrected chi connectivity index (χ0v) is 11.3. The zero-order chi connectivity index (χ0) is 14.7. The van der Waals surface area contributed by atoms with E-state index in [0.29, 0.717) is 0 Å². The number of carbonyl (C=O) groups excluding carboxylic acids is 1. The fourth-order valence-electron chi connectivity index (χ4n) is 2.33. The summed E-state index contributed by atoms with van der Waals surface area (Å²) >= 11 is 5.90. The van der Waals surface area contributed by atoms with E-state index in [2.05, 4.69) is 11.4 Å². The second kappa shape index (κ2) is 5.88. The van der Waals surface area contributed by atoms with Gasteiger partial charge < -0.3 is 5.32 Å². The zero-order valence-electron chi connectivity index (χ0n) is 10.5. The van der Waals surface area contributed by atoms with Gasteiger partial charge >= 0.3 is 0 Å². The van der Waals surface area contributed by atoms with Crippen LogP contribution < -0.4 is 5.32 Å². The van der Waals surface area contributed by atoms with E-state index in [1.807, 2.05) is 0 Å². The molecule has 7 heteroatoms. The molecule has 1 aromatic rings. The molecule has 1 amide bonds. The van der Waals surface area contributed by atoms with E-state index in [1.54, 1.807) is 0 Å². The standard InChI is InChI=1S/C13H12ClN3O3/c14-11-5-4-9(17(19)20)6-10(11)13(18)16-12-3-1-2-8(12)7-15/h4-6,8,12H,1-3H2,(H,16,18). The Bertz CT molecular complexity index is 597. The van der Waals surface area contributed by atoms with Crippen LogP contribution in [0.3, 0.4) is 0 Å². The maximum atomic E-state index is 12.1. The van der Waals surface area contributed by atoms with Gasteiger partial charge in [-0.15, -0.1) is 0 Å². The number of amides is 1. The van der Waals surface area contributed by atoms with Crippen LogP contribution in [0.4, 0.5) is 5.69 Å². The van der Waals surface area contributed by atoms with E-state index >= 15 is 0 Å². The second-order valence-corrected chi connectivity index (χ2v) is 5.07. The number of hydrogen-bond acceptors (Lipinski definition) is 4. The number of nitrogens with zero attached hydrogens (tertiary/aromatic N) is 2. The lowest BCUT2D eigenvalue weighted by atomic mass is 10.1. The Labute approximate surface area is 120 Å². The first kappa shape index (κ1) is 14.3. The third kappa shape index (κ3) is 2.89. The monoisotopic (exact) mass is 293 g/mol. The molecule has 0 aromatic heterocycles. The van der Waals surface area contributed by atoms with Crippen molar-refractivity contribution in [2.75, 3.05) is 0 Å². The van der Waals surface area contributed by atoms with Gasteiger partial charge in [0.25, 0.3) is 11.6 Å². The summed E-state index contributed by atoms with van der Waals surface area (Å²) in [6.07, 6.45) is 2.37. The highest BCUT2D eigenvalue weighted by Gasteiger charge is 2.29. The molecule has 0 saturated heterocycles.